The van der Waals surface area contributed by atoms with Crippen molar-refractivity contribution in [3.05, 3.63) is 33.9 Å². The predicted molar refractivity (Wildman–Crippen MR) is 82.7 cm³/mol. The number of aliphatic hydroxyl groups is 1. The lowest BCUT2D eigenvalue weighted by atomic mass is 9.92. The van der Waals surface area contributed by atoms with E-state index < -0.39 is 0 Å². The number of hydrogen-bond acceptors (Lipinski definition) is 3. The van der Waals surface area contributed by atoms with Crippen molar-refractivity contribution in [2.24, 2.45) is 4.99 Å². The van der Waals surface area contributed by atoms with Crippen LogP contribution in [0.5, 0.6) is 0 Å². The van der Waals surface area contributed by atoms with Gasteiger partial charge in [-0.2, -0.15) is 0 Å². The van der Waals surface area contributed by atoms with Crippen LogP contribution < -0.4 is 5.32 Å². The maximum Gasteiger partial charge on any atom is 0.101 e. The fourth-order valence-corrected chi connectivity index (χ4v) is 2.49. The van der Waals surface area contributed by atoms with E-state index in [9.17, 15) is 0 Å². The minimum Gasteiger partial charge on any atom is -0.394 e. The summed E-state index contributed by atoms with van der Waals surface area (Å²) in [5.41, 5.74) is 6.76. The molecule has 2 N–H and O–H groups in total. The van der Waals surface area contributed by atoms with Crippen LogP contribution in [0.2, 0.25) is 0 Å². The van der Waals surface area contributed by atoms with Gasteiger partial charge < -0.3 is 10.4 Å². The third-order valence-electron chi connectivity index (χ3n) is 3.96. The highest BCUT2D eigenvalue weighted by Gasteiger charge is 2.18. The van der Waals surface area contributed by atoms with E-state index in [0.717, 1.165) is 18.8 Å². The number of nitrogens with one attached hydrogen (secondary N) is 1. The number of aliphatic hydroxyl groups excluding tert-OH is 1. The van der Waals surface area contributed by atoms with Crippen molar-refractivity contribution in [1.82, 2.24) is 5.32 Å². The molecular formula is C15H23ClN2O. The SMILES string of the molecule is Cc1cc(C)c(C)c(CC2=NC(CO)CN2)c1C.Cl. The molecule has 0 bridgehead atoms. The van der Waals surface area contributed by atoms with Crippen LogP contribution in [0, 0.1) is 27.7 Å². The number of benzene rings is 1. The average molecular weight is 283 g/mol. The molecule has 0 saturated carbocycles. The smallest absolute Gasteiger partial charge is 0.101 e. The first-order valence-corrected chi connectivity index (χ1v) is 6.50. The summed E-state index contributed by atoms with van der Waals surface area (Å²) in [6.07, 6.45) is 0.844. The fourth-order valence-electron chi connectivity index (χ4n) is 2.49. The quantitative estimate of drug-likeness (QED) is 0.893. The summed E-state index contributed by atoms with van der Waals surface area (Å²) >= 11 is 0. The normalized spacial score (nSPS) is 17.7. The molecule has 3 nitrogen and oxygen atoms in total. The van der Waals surface area contributed by atoms with Gasteiger partial charge in [-0.3, -0.25) is 4.99 Å². The summed E-state index contributed by atoms with van der Waals surface area (Å²) < 4.78 is 0. The molecule has 1 heterocycles. The Morgan fingerprint density at radius 1 is 1.21 bits per heavy atom. The number of rotatable bonds is 3. The van der Waals surface area contributed by atoms with Crippen LogP contribution in [0.15, 0.2) is 11.1 Å². The monoisotopic (exact) mass is 282 g/mol. The molecule has 1 aliphatic heterocycles. The van der Waals surface area contributed by atoms with E-state index in [1.165, 1.54) is 27.8 Å². The molecule has 0 radical (unpaired) electrons. The number of hydrogen-bond donors (Lipinski definition) is 2. The van der Waals surface area contributed by atoms with Gasteiger partial charge in [-0.25, -0.2) is 0 Å². The summed E-state index contributed by atoms with van der Waals surface area (Å²) in [6.45, 7) is 9.56. The summed E-state index contributed by atoms with van der Waals surface area (Å²) in [5.74, 6) is 1.00. The van der Waals surface area contributed by atoms with Crippen LogP contribution in [0.1, 0.15) is 27.8 Å². The van der Waals surface area contributed by atoms with Crippen LogP contribution >= 0.6 is 12.4 Å². The summed E-state index contributed by atoms with van der Waals surface area (Å²) in [7, 11) is 0. The Hall–Kier alpha value is -1.06. The summed E-state index contributed by atoms with van der Waals surface area (Å²) in [6, 6.07) is 2.28. The second-order valence-corrected chi connectivity index (χ2v) is 5.21. The Kier molecular flexibility index (Phi) is 5.39. The molecule has 1 aromatic carbocycles. The highest BCUT2D eigenvalue weighted by molar-refractivity contribution is 5.86. The Balaban J connectivity index is 0.00000180. The first-order chi connectivity index (χ1) is 8.52. The minimum absolute atomic E-state index is 0. The van der Waals surface area contributed by atoms with Gasteiger partial charge >= 0.3 is 0 Å². The zero-order valence-corrected chi connectivity index (χ0v) is 12.9. The van der Waals surface area contributed by atoms with Crippen molar-refractivity contribution in [1.29, 1.82) is 0 Å². The van der Waals surface area contributed by atoms with Gasteiger partial charge in [-0.15, -0.1) is 12.4 Å². The number of nitrogens with zero attached hydrogens (tertiary/aromatic N) is 1. The van der Waals surface area contributed by atoms with E-state index in [4.69, 9.17) is 5.11 Å². The predicted octanol–water partition coefficient (Wildman–Crippen LogP) is 2.25. The first-order valence-electron chi connectivity index (χ1n) is 6.50. The van der Waals surface area contributed by atoms with Crippen LogP contribution in [0.3, 0.4) is 0 Å². The summed E-state index contributed by atoms with van der Waals surface area (Å²) in [4.78, 5) is 4.50. The van der Waals surface area contributed by atoms with E-state index in [0.29, 0.717) is 0 Å². The molecule has 0 aliphatic carbocycles. The second kappa shape index (κ2) is 6.40. The van der Waals surface area contributed by atoms with E-state index in [1.807, 2.05) is 0 Å². The number of aryl methyl sites for hydroxylation is 2. The fraction of sp³-hybridized carbons (Fsp3) is 0.533. The highest BCUT2D eigenvalue weighted by Crippen LogP contribution is 2.22. The molecule has 0 saturated heterocycles. The van der Waals surface area contributed by atoms with Crippen LogP contribution in [0.4, 0.5) is 0 Å². The lowest BCUT2D eigenvalue weighted by Crippen LogP contribution is -2.24. The standard InChI is InChI=1S/C15H22N2O.ClH/c1-9-5-10(2)12(4)14(11(9)3)6-15-16-7-13(8-18)17-15;/h5,13,18H,6-8H2,1-4H3,(H,16,17);1H. The molecular weight excluding hydrogens is 260 g/mol. The Morgan fingerprint density at radius 3 is 2.26 bits per heavy atom. The van der Waals surface area contributed by atoms with Gasteiger partial charge in [0, 0.05) is 13.0 Å². The van der Waals surface area contributed by atoms with Gasteiger partial charge in [0.1, 0.15) is 5.84 Å². The minimum atomic E-state index is 0. The molecule has 0 amide bonds. The number of aliphatic imine (C=N–C) groups is 1. The topological polar surface area (TPSA) is 44.6 Å². The zero-order chi connectivity index (χ0) is 13.3. The summed E-state index contributed by atoms with van der Waals surface area (Å²) in [5, 5.41) is 12.4. The van der Waals surface area contributed by atoms with Crippen molar-refractivity contribution >= 4 is 18.2 Å². The molecule has 1 aromatic rings. The maximum absolute atomic E-state index is 9.10. The molecule has 2 rings (SSSR count). The van der Waals surface area contributed by atoms with Crippen molar-refractivity contribution < 1.29 is 5.11 Å². The number of halogens is 1. The van der Waals surface area contributed by atoms with E-state index in [2.05, 4.69) is 44.1 Å². The van der Waals surface area contributed by atoms with Crippen molar-refractivity contribution in [3.8, 4) is 0 Å². The molecule has 106 valence electrons. The van der Waals surface area contributed by atoms with Crippen LogP contribution in [-0.4, -0.2) is 30.1 Å². The van der Waals surface area contributed by atoms with Crippen LogP contribution in [0.25, 0.3) is 0 Å². The molecule has 0 aromatic heterocycles. The molecule has 0 spiro atoms. The Morgan fingerprint density at radius 2 is 1.79 bits per heavy atom. The number of amidine groups is 1. The van der Waals surface area contributed by atoms with Gasteiger partial charge in [0.25, 0.3) is 0 Å². The Labute approximate surface area is 121 Å². The average Bonchev–Trinajstić information content (AvgIpc) is 2.80. The van der Waals surface area contributed by atoms with Crippen molar-refractivity contribution in [2.75, 3.05) is 13.2 Å². The zero-order valence-electron chi connectivity index (χ0n) is 12.1. The largest absolute Gasteiger partial charge is 0.394 e. The molecule has 4 heteroatoms. The molecule has 1 atom stereocenters. The van der Waals surface area contributed by atoms with Gasteiger partial charge in [0.2, 0.25) is 0 Å². The van der Waals surface area contributed by atoms with E-state index >= 15 is 0 Å². The molecule has 19 heavy (non-hydrogen) atoms. The first kappa shape index (κ1) is 16.0. The van der Waals surface area contributed by atoms with E-state index in [1.54, 1.807) is 0 Å². The van der Waals surface area contributed by atoms with E-state index in [-0.39, 0.29) is 25.1 Å². The van der Waals surface area contributed by atoms with Crippen LogP contribution in [-0.2, 0) is 6.42 Å². The maximum atomic E-state index is 9.10. The van der Waals surface area contributed by atoms with Gasteiger partial charge in [-0.05, 0) is 55.5 Å². The van der Waals surface area contributed by atoms with Gasteiger partial charge in [0.05, 0.1) is 12.6 Å². The third kappa shape index (κ3) is 3.28. The third-order valence-corrected chi connectivity index (χ3v) is 3.96. The molecule has 1 unspecified atom stereocenters. The lowest BCUT2D eigenvalue weighted by Gasteiger charge is -2.15. The van der Waals surface area contributed by atoms with Crippen molar-refractivity contribution in [3.63, 3.8) is 0 Å². The van der Waals surface area contributed by atoms with Gasteiger partial charge in [-0.1, -0.05) is 6.07 Å². The molecule has 0 fully saturated rings. The van der Waals surface area contributed by atoms with Gasteiger partial charge in [0.15, 0.2) is 0 Å². The van der Waals surface area contributed by atoms with Crippen molar-refractivity contribution in [2.45, 2.75) is 40.2 Å². The Bertz CT molecular complexity index is 471. The highest BCUT2D eigenvalue weighted by atomic mass is 35.5. The molecule has 1 aliphatic rings. The second-order valence-electron chi connectivity index (χ2n) is 5.21. The lowest BCUT2D eigenvalue weighted by molar-refractivity contribution is 0.271.